The maximum atomic E-state index is 14.0. The van der Waals surface area contributed by atoms with Gasteiger partial charge in [-0.1, -0.05) is 0 Å². The Kier molecular flexibility index (Phi) is 7.73. The van der Waals surface area contributed by atoms with Crippen molar-refractivity contribution >= 4 is 39.9 Å². The highest BCUT2D eigenvalue weighted by Gasteiger charge is 2.15. The average molecular weight is 473 g/mol. The van der Waals surface area contributed by atoms with Crippen LogP contribution in [0.25, 0.3) is 0 Å². The number of nitrogens with one attached hydrogen (secondary N) is 2. The lowest BCUT2D eigenvalue weighted by molar-refractivity contribution is 0.00664. The minimum absolute atomic E-state index is 0.000168. The van der Waals surface area contributed by atoms with Gasteiger partial charge in [0.15, 0.2) is 0 Å². The van der Waals surface area contributed by atoms with Crippen LogP contribution >= 0.6 is 22.6 Å². The molecule has 2 aromatic rings. The van der Waals surface area contributed by atoms with Crippen LogP contribution in [0.4, 0.5) is 15.8 Å². The van der Waals surface area contributed by atoms with Gasteiger partial charge < -0.3 is 20.5 Å². The zero-order valence-electron chi connectivity index (χ0n) is 14.5. The molecule has 0 aliphatic carbocycles. The summed E-state index contributed by atoms with van der Waals surface area (Å²) < 4.78 is 20.1. The Hall–Kier alpha value is -1.78. The zero-order chi connectivity index (χ0) is 19.1. The number of amides is 1. The van der Waals surface area contributed by atoms with E-state index in [0.717, 1.165) is 3.57 Å². The average Bonchev–Trinajstić information content (AvgIpc) is 2.60. The number of aliphatic hydroxyl groups is 1. The van der Waals surface area contributed by atoms with E-state index in [1.807, 2.05) is 36.4 Å². The number of benzene rings is 1. The number of hydrogen-bond acceptors (Lipinski definition) is 5. The first kappa shape index (κ1) is 20.5. The molecule has 0 saturated heterocycles. The van der Waals surface area contributed by atoms with E-state index >= 15 is 0 Å². The van der Waals surface area contributed by atoms with Crippen LogP contribution in [0.15, 0.2) is 36.7 Å². The van der Waals surface area contributed by atoms with Crippen LogP contribution in [-0.2, 0) is 4.74 Å². The fourth-order valence-corrected chi connectivity index (χ4v) is 2.55. The molecule has 0 spiro atoms. The third-order valence-electron chi connectivity index (χ3n) is 3.39. The standard InChI is InChI=1S/C18H21FIN3O3/c1-11(2)26-10-13(24)8-22-18(25)14-5-6-21-9-17(14)23-16-4-3-12(20)7-15(16)19/h3-7,9,11,13,23-24H,8,10H2,1-2H3,(H,22,25)/t13-/m0/s1. The summed E-state index contributed by atoms with van der Waals surface area (Å²) in [6, 6.07) is 6.27. The van der Waals surface area contributed by atoms with Crippen molar-refractivity contribution in [2.24, 2.45) is 0 Å². The molecular weight excluding hydrogens is 452 g/mol. The Morgan fingerprint density at radius 3 is 2.81 bits per heavy atom. The monoisotopic (exact) mass is 473 g/mol. The maximum Gasteiger partial charge on any atom is 0.253 e. The Balaban J connectivity index is 2.04. The SMILES string of the molecule is CC(C)OC[C@@H](O)CNC(=O)c1ccncc1Nc1ccc(I)cc1F. The highest BCUT2D eigenvalue weighted by Crippen LogP contribution is 2.23. The topological polar surface area (TPSA) is 83.5 Å². The minimum Gasteiger partial charge on any atom is -0.389 e. The molecular formula is C18H21FIN3O3. The molecule has 0 radical (unpaired) electrons. The van der Waals surface area contributed by atoms with Crippen LogP contribution in [0.5, 0.6) is 0 Å². The van der Waals surface area contributed by atoms with Crippen molar-refractivity contribution in [1.82, 2.24) is 10.3 Å². The number of aliphatic hydroxyl groups excluding tert-OH is 1. The van der Waals surface area contributed by atoms with Gasteiger partial charge >= 0.3 is 0 Å². The second-order valence-corrected chi connectivity index (χ2v) is 7.16. The molecule has 6 nitrogen and oxygen atoms in total. The van der Waals surface area contributed by atoms with Gasteiger partial charge in [0.05, 0.1) is 41.9 Å². The number of halogens is 2. The Bertz CT molecular complexity index is 758. The molecule has 0 fully saturated rings. The van der Waals surface area contributed by atoms with Gasteiger partial charge in [0, 0.05) is 16.3 Å². The Morgan fingerprint density at radius 2 is 2.12 bits per heavy atom. The van der Waals surface area contributed by atoms with E-state index in [0.29, 0.717) is 11.3 Å². The Morgan fingerprint density at radius 1 is 1.35 bits per heavy atom. The van der Waals surface area contributed by atoms with Gasteiger partial charge in [0.25, 0.3) is 5.91 Å². The number of carbonyl (C=O) groups excluding carboxylic acids is 1. The number of rotatable bonds is 8. The van der Waals surface area contributed by atoms with Crippen molar-refractivity contribution in [2.45, 2.75) is 26.1 Å². The molecule has 1 heterocycles. The number of anilines is 2. The van der Waals surface area contributed by atoms with E-state index in [2.05, 4.69) is 15.6 Å². The lowest BCUT2D eigenvalue weighted by atomic mass is 10.2. The number of hydrogen-bond donors (Lipinski definition) is 3. The summed E-state index contributed by atoms with van der Waals surface area (Å²) in [4.78, 5) is 16.4. The van der Waals surface area contributed by atoms with Gasteiger partial charge in [-0.15, -0.1) is 0 Å². The number of nitrogens with zero attached hydrogens (tertiary/aromatic N) is 1. The molecule has 1 atom stereocenters. The van der Waals surface area contributed by atoms with Crippen LogP contribution in [0.2, 0.25) is 0 Å². The molecule has 0 unspecified atom stereocenters. The van der Waals surface area contributed by atoms with Crippen molar-refractivity contribution in [3.05, 3.63) is 51.6 Å². The number of ether oxygens (including phenoxy) is 1. The fraction of sp³-hybridized carbons (Fsp3) is 0.333. The first-order chi connectivity index (χ1) is 12.4. The first-order valence-corrected chi connectivity index (χ1v) is 9.18. The first-order valence-electron chi connectivity index (χ1n) is 8.10. The third-order valence-corrected chi connectivity index (χ3v) is 4.06. The van der Waals surface area contributed by atoms with Gasteiger partial charge in [-0.25, -0.2) is 4.39 Å². The van der Waals surface area contributed by atoms with E-state index in [9.17, 15) is 14.3 Å². The molecule has 140 valence electrons. The van der Waals surface area contributed by atoms with Gasteiger partial charge in [-0.2, -0.15) is 0 Å². The largest absolute Gasteiger partial charge is 0.389 e. The number of aromatic nitrogens is 1. The molecule has 0 aliphatic rings. The van der Waals surface area contributed by atoms with E-state index in [1.54, 1.807) is 12.1 Å². The number of pyridine rings is 1. The van der Waals surface area contributed by atoms with Crippen LogP contribution in [-0.4, -0.2) is 41.4 Å². The highest BCUT2D eigenvalue weighted by molar-refractivity contribution is 14.1. The normalized spacial score (nSPS) is 12.1. The fourth-order valence-electron chi connectivity index (χ4n) is 2.10. The van der Waals surface area contributed by atoms with Gasteiger partial charge in [-0.05, 0) is 60.7 Å². The van der Waals surface area contributed by atoms with Crippen molar-refractivity contribution in [3.8, 4) is 0 Å². The van der Waals surface area contributed by atoms with Crippen molar-refractivity contribution in [1.29, 1.82) is 0 Å². The second kappa shape index (κ2) is 9.79. The van der Waals surface area contributed by atoms with E-state index in [4.69, 9.17) is 4.74 Å². The molecule has 3 N–H and O–H groups in total. The van der Waals surface area contributed by atoms with E-state index in [-0.39, 0.29) is 24.9 Å². The highest BCUT2D eigenvalue weighted by atomic mass is 127. The third kappa shape index (κ3) is 6.19. The van der Waals surface area contributed by atoms with E-state index < -0.39 is 17.8 Å². The molecule has 0 aliphatic heterocycles. The minimum atomic E-state index is -0.812. The molecule has 8 heteroatoms. The van der Waals surface area contributed by atoms with Gasteiger partial charge in [-0.3, -0.25) is 9.78 Å². The summed E-state index contributed by atoms with van der Waals surface area (Å²) in [5.41, 5.74) is 0.922. The van der Waals surface area contributed by atoms with Crippen molar-refractivity contribution in [3.63, 3.8) is 0 Å². The predicted molar refractivity (Wildman–Crippen MR) is 106 cm³/mol. The predicted octanol–water partition coefficient (Wildman–Crippen LogP) is 3.08. The molecule has 0 saturated carbocycles. The summed E-state index contributed by atoms with van der Waals surface area (Å²) in [7, 11) is 0. The summed E-state index contributed by atoms with van der Waals surface area (Å²) in [6.45, 7) is 3.91. The molecule has 1 amide bonds. The van der Waals surface area contributed by atoms with Crippen LogP contribution in [0.1, 0.15) is 24.2 Å². The zero-order valence-corrected chi connectivity index (χ0v) is 16.7. The summed E-state index contributed by atoms with van der Waals surface area (Å²) in [6.07, 6.45) is 2.11. The number of carbonyl (C=O) groups is 1. The second-order valence-electron chi connectivity index (χ2n) is 5.92. The Labute approximate surface area is 165 Å². The lowest BCUT2D eigenvalue weighted by Gasteiger charge is -2.16. The quantitative estimate of drug-likeness (QED) is 0.514. The molecule has 1 aromatic heterocycles. The summed E-state index contributed by atoms with van der Waals surface area (Å²) in [5, 5.41) is 15.4. The summed E-state index contributed by atoms with van der Waals surface area (Å²) in [5.74, 6) is -0.821. The summed E-state index contributed by atoms with van der Waals surface area (Å²) >= 11 is 2.02. The van der Waals surface area contributed by atoms with Crippen molar-refractivity contribution in [2.75, 3.05) is 18.5 Å². The molecule has 1 aromatic carbocycles. The van der Waals surface area contributed by atoms with Crippen LogP contribution in [0.3, 0.4) is 0 Å². The molecule has 0 bridgehead atoms. The van der Waals surface area contributed by atoms with Crippen LogP contribution in [0, 0.1) is 9.39 Å². The smallest absolute Gasteiger partial charge is 0.253 e. The van der Waals surface area contributed by atoms with Gasteiger partial charge in [0.2, 0.25) is 0 Å². The van der Waals surface area contributed by atoms with Crippen LogP contribution < -0.4 is 10.6 Å². The maximum absolute atomic E-state index is 14.0. The lowest BCUT2D eigenvalue weighted by Crippen LogP contribution is -2.35. The molecule has 2 rings (SSSR count). The van der Waals surface area contributed by atoms with E-state index in [1.165, 1.54) is 24.5 Å². The van der Waals surface area contributed by atoms with Gasteiger partial charge in [0.1, 0.15) is 5.82 Å². The van der Waals surface area contributed by atoms with Crippen molar-refractivity contribution < 1.29 is 19.0 Å². The molecule has 26 heavy (non-hydrogen) atoms.